The SMILES string of the molecule is CCCCCCCCCCCCOCC(C)OCC(C)OCC(C)OCC(C)OCC(C)OCC(C)OCC(C)OCC(C)OCC(C)OCC(C)OCC(=O)[O-].[Na+]. The molecule has 342 valence electrons. The second-order valence-electron chi connectivity index (χ2n) is 16.0. The van der Waals surface area contributed by atoms with Gasteiger partial charge in [-0.25, -0.2) is 0 Å². The third-order valence-electron chi connectivity index (χ3n) is 9.02. The van der Waals surface area contributed by atoms with E-state index in [1.165, 1.54) is 57.8 Å². The number of carbonyl (C=O) groups excluding carboxylic acids is 1. The summed E-state index contributed by atoms with van der Waals surface area (Å²) in [5, 5.41) is 10.5. The van der Waals surface area contributed by atoms with Crippen molar-refractivity contribution in [1.29, 1.82) is 0 Å². The van der Waals surface area contributed by atoms with E-state index < -0.39 is 12.6 Å². The van der Waals surface area contributed by atoms with Gasteiger partial charge < -0.3 is 62.0 Å². The molecule has 58 heavy (non-hydrogen) atoms. The van der Waals surface area contributed by atoms with E-state index in [-0.39, 0.29) is 97.2 Å². The molecule has 0 spiro atoms. The van der Waals surface area contributed by atoms with Gasteiger partial charge in [0.1, 0.15) is 0 Å². The smallest absolute Gasteiger partial charge is 0.548 e. The minimum atomic E-state index is -1.25. The molecule has 0 aliphatic rings. The maximum absolute atomic E-state index is 10.5. The molecule has 0 N–H and O–H groups in total. The zero-order valence-corrected chi connectivity index (χ0v) is 41.1. The van der Waals surface area contributed by atoms with Crippen LogP contribution in [-0.2, 0) is 56.9 Å². The van der Waals surface area contributed by atoms with E-state index in [1.807, 2.05) is 62.3 Å². The number of ether oxygens (including phenoxy) is 11. The van der Waals surface area contributed by atoms with E-state index in [0.717, 1.165) is 13.0 Å². The van der Waals surface area contributed by atoms with Crippen molar-refractivity contribution in [1.82, 2.24) is 0 Å². The van der Waals surface area contributed by atoms with Crippen LogP contribution in [0.2, 0.25) is 0 Å². The molecular formula is C44H87NaO13. The average molecular weight is 847 g/mol. The first kappa shape index (κ1) is 60.1. The Morgan fingerprint density at radius 1 is 0.362 bits per heavy atom. The molecule has 10 unspecified atom stereocenters. The molecule has 0 aromatic heterocycles. The van der Waals surface area contributed by atoms with Gasteiger partial charge in [-0.05, 0) is 75.7 Å². The van der Waals surface area contributed by atoms with Gasteiger partial charge in [0.25, 0.3) is 0 Å². The quantitative estimate of drug-likeness (QED) is 0.0651. The van der Waals surface area contributed by atoms with Gasteiger partial charge in [-0.15, -0.1) is 0 Å². The summed E-state index contributed by atoms with van der Waals surface area (Å²) < 4.78 is 64.0. The predicted molar refractivity (Wildman–Crippen MR) is 222 cm³/mol. The van der Waals surface area contributed by atoms with Gasteiger partial charge in [0, 0.05) is 6.61 Å². The summed E-state index contributed by atoms with van der Waals surface area (Å²) in [4.78, 5) is 10.5. The van der Waals surface area contributed by atoms with E-state index in [0.29, 0.717) is 59.5 Å². The molecule has 0 fully saturated rings. The molecular weight excluding hydrogens is 759 g/mol. The van der Waals surface area contributed by atoms with E-state index in [1.54, 1.807) is 6.92 Å². The minimum absolute atomic E-state index is 0. The van der Waals surface area contributed by atoms with Crippen LogP contribution in [-0.4, -0.2) is 146 Å². The van der Waals surface area contributed by atoms with Crippen molar-refractivity contribution in [3.05, 3.63) is 0 Å². The average Bonchev–Trinajstić information content (AvgIpc) is 3.18. The largest absolute Gasteiger partial charge is 1.00 e. The number of aliphatic carboxylic acids is 1. The Labute approximate surface area is 376 Å². The maximum Gasteiger partial charge on any atom is 1.00 e. The molecule has 0 aliphatic heterocycles. The van der Waals surface area contributed by atoms with Crippen LogP contribution in [0.1, 0.15) is 140 Å². The molecule has 14 heteroatoms. The summed E-state index contributed by atoms with van der Waals surface area (Å²) in [5.41, 5.74) is 0. The van der Waals surface area contributed by atoms with Gasteiger partial charge in [0.2, 0.25) is 0 Å². The summed E-state index contributed by atoms with van der Waals surface area (Å²) in [5.74, 6) is -1.25. The molecule has 0 aromatic carbocycles. The van der Waals surface area contributed by atoms with Crippen molar-refractivity contribution in [3.8, 4) is 0 Å². The molecule has 0 amide bonds. The van der Waals surface area contributed by atoms with Gasteiger partial charge in [-0.2, -0.15) is 0 Å². The molecule has 0 bridgehead atoms. The van der Waals surface area contributed by atoms with Crippen molar-refractivity contribution in [2.24, 2.45) is 0 Å². The third-order valence-corrected chi connectivity index (χ3v) is 9.02. The Morgan fingerprint density at radius 3 is 0.845 bits per heavy atom. The molecule has 0 radical (unpaired) electrons. The summed E-state index contributed by atoms with van der Waals surface area (Å²) in [7, 11) is 0. The van der Waals surface area contributed by atoms with Crippen molar-refractivity contribution in [3.63, 3.8) is 0 Å². The van der Waals surface area contributed by atoms with Crippen LogP contribution in [0.3, 0.4) is 0 Å². The third kappa shape index (κ3) is 41.4. The zero-order valence-electron chi connectivity index (χ0n) is 39.1. The summed E-state index contributed by atoms with van der Waals surface area (Å²) >= 11 is 0. The normalized spacial score (nSPS) is 17.1. The maximum atomic E-state index is 10.5. The number of unbranched alkanes of at least 4 members (excludes halogenated alkanes) is 9. The molecule has 0 saturated carbocycles. The van der Waals surface area contributed by atoms with E-state index >= 15 is 0 Å². The molecule has 0 rings (SSSR count). The zero-order chi connectivity index (χ0) is 42.7. The first-order chi connectivity index (χ1) is 27.2. The van der Waals surface area contributed by atoms with Crippen molar-refractivity contribution in [2.75, 3.05) is 79.3 Å². The van der Waals surface area contributed by atoms with Crippen molar-refractivity contribution in [2.45, 2.75) is 201 Å². The Kier molecular flexibility index (Phi) is 42.6. The van der Waals surface area contributed by atoms with Crippen LogP contribution in [0.25, 0.3) is 0 Å². The first-order valence-electron chi connectivity index (χ1n) is 22.1. The van der Waals surface area contributed by atoms with Gasteiger partial charge in [-0.3, -0.25) is 0 Å². The Morgan fingerprint density at radius 2 is 0.586 bits per heavy atom. The van der Waals surface area contributed by atoms with Gasteiger partial charge in [0.05, 0.1) is 140 Å². The second kappa shape index (κ2) is 41.1. The standard InChI is InChI=1S/C44H88O13.Na/c1-12-13-14-15-16-17-18-19-20-21-22-47-23-34(2)48-24-35(3)49-25-36(4)50-26-37(5)51-27-38(6)52-28-39(7)53-29-40(8)54-30-41(9)55-31-42(10)56-32-43(11)57-33-44(45)46;/h34-43H,12-33H2,1-11H3,(H,45,46);/q;+1/p-1. The van der Waals surface area contributed by atoms with Crippen LogP contribution in [0.5, 0.6) is 0 Å². The number of carboxylic acid groups (broad SMARTS) is 1. The number of hydrogen-bond acceptors (Lipinski definition) is 13. The summed E-state index contributed by atoms with van der Waals surface area (Å²) in [6.07, 6.45) is 12.2. The monoisotopic (exact) mass is 847 g/mol. The van der Waals surface area contributed by atoms with E-state index in [2.05, 4.69) is 6.92 Å². The van der Waals surface area contributed by atoms with Crippen LogP contribution >= 0.6 is 0 Å². The number of hydrogen-bond donors (Lipinski definition) is 0. The Bertz CT molecular complexity index is 890. The van der Waals surface area contributed by atoms with Crippen LogP contribution in [0.15, 0.2) is 0 Å². The molecule has 0 aromatic rings. The van der Waals surface area contributed by atoms with Crippen LogP contribution in [0, 0.1) is 0 Å². The number of rotatable bonds is 43. The fourth-order valence-corrected chi connectivity index (χ4v) is 5.33. The van der Waals surface area contributed by atoms with E-state index in [4.69, 9.17) is 52.1 Å². The Hall–Kier alpha value is 0.0300. The molecule has 13 nitrogen and oxygen atoms in total. The molecule has 0 heterocycles. The molecule has 0 saturated heterocycles. The minimum Gasteiger partial charge on any atom is -0.548 e. The van der Waals surface area contributed by atoms with Crippen molar-refractivity contribution >= 4 is 5.97 Å². The fourth-order valence-electron chi connectivity index (χ4n) is 5.33. The van der Waals surface area contributed by atoms with Crippen molar-refractivity contribution < 1.29 is 91.6 Å². The first-order valence-corrected chi connectivity index (χ1v) is 22.1. The topological polar surface area (TPSA) is 142 Å². The fraction of sp³-hybridized carbons (Fsp3) is 0.977. The predicted octanol–water partition coefficient (Wildman–Crippen LogP) is 3.73. The number of carbonyl (C=O) groups is 1. The molecule has 10 atom stereocenters. The molecule has 0 aliphatic carbocycles. The van der Waals surface area contributed by atoms with Crippen LogP contribution in [0.4, 0.5) is 0 Å². The van der Waals surface area contributed by atoms with Gasteiger partial charge in [-0.1, -0.05) is 64.7 Å². The number of carboxylic acids is 1. The van der Waals surface area contributed by atoms with Crippen LogP contribution < -0.4 is 34.7 Å². The van der Waals surface area contributed by atoms with E-state index in [9.17, 15) is 9.90 Å². The summed E-state index contributed by atoms with van der Waals surface area (Å²) in [6, 6.07) is 0. The second-order valence-corrected chi connectivity index (χ2v) is 16.0. The van der Waals surface area contributed by atoms with Gasteiger partial charge in [0.15, 0.2) is 0 Å². The van der Waals surface area contributed by atoms with Gasteiger partial charge >= 0.3 is 29.6 Å². The Balaban J connectivity index is 0. The summed E-state index contributed by atoms with van der Waals surface area (Å²) in [6.45, 7) is 26.6.